The normalized spacial score (nSPS) is 43.5. The number of amides is 2. The molecule has 0 radical (unpaired) electrons. The Kier molecular flexibility index (Phi) is 5.55. The van der Waals surface area contributed by atoms with E-state index < -0.39 is 5.92 Å². The van der Waals surface area contributed by atoms with Crippen LogP contribution in [0.1, 0.15) is 79.1 Å². The van der Waals surface area contributed by atoms with E-state index in [0.717, 1.165) is 38.5 Å². The van der Waals surface area contributed by atoms with Gasteiger partial charge < -0.3 is 9.80 Å². The highest BCUT2D eigenvalue weighted by Crippen LogP contribution is 2.64. The van der Waals surface area contributed by atoms with Crippen LogP contribution in [0.25, 0.3) is 0 Å². The molecule has 2 amide bonds. The van der Waals surface area contributed by atoms with Gasteiger partial charge in [0.25, 0.3) is 0 Å². The van der Waals surface area contributed by atoms with Gasteiger partial charge in [-0.25, -0.2) is 0 Å². The second-order valence-electron chi connectivity index (χ2n) is 11.0. The first-order valence-electron chi connectivity index (χ1n) is 12.3. The molecule has 0 unspecified atom stereocenters. The lowest BCUT2D eigenvalue weighted by Gasteiger charge is -2.64. The maximum absolute atomic E-state index is 13.4. The first-order valence-corrected chi connectivity index (χ1v) is 12.3. The molecule has 0 aromatic carbocycles. The van der Waals surface area contributed by atoms with Crippen molar-refractivity contribution in [1.82, 2.24) is 9.80 Å². The van der Waals surface area contributed by atoms with Gasteiger partial charge >= 0.3 is 0 Å². The van der Waals surface area contributed by atoms with Crippen molar-refractivity contribution in [1.29, 1.82) is 0 Å². The maximum Gasteiger partial charge on any atom is 0.233 e. The lowest BCUT2D eigenvalue weighted by Crippen LogP contribution is -2.64. The van der Waals surface area contributed by atoms with Crippen molar-refractivity contribution >= 4 is 17.6 Å². The Morgan fingerprint density at radius 2 is 1.63 bits per heavy atom. The van der Waals surface area contributed by atoms with Crippen LogP contribution in [0.4, 0.5) is 0 Å². The topological polar surface area (TPSA) is 57.7 Å². The summed E-state index contributed by atoms with van der Waals surface area (Å²) >= 11 is 0. The molecule has 0 aromatic rings. The average molecular weight is 417 g/mol. The summed E-state index contributed by atoms with van der Waals surface area (Å²) in [4.78, 5) is 42.7. The van der Waals surface area contributed by atoms with Crippen LogP contribution in [0.2, 0.25) is 0 Å². The van der Waals surface area contributed by atoms with Gasteiger partial charge in [0.05, 0.1) is 0 Å². The molecule has 0 spiro atoms. The molecular weight excluding hydrogens is 376 g/mol. The van der Waals surface area contributed by atoms with Crippen molar-refractivity contribution in [3.05, 3.63) is 0 Å². The molecule has 4 rings (SSSR count). The molecule has 1 aliphatic heterocycles. The SMILES string of the molecule is CCN(CC)C(=O)[C@H]1C(=O)CC[C@H]2[C@@H]3CC[C@H]4N(C)C(=O)CC[C@]4(C)[C@H]3CC[C@]12C. The van der Waals surface area contributed by atoms with Gasteiger partial charge in [-0.1, -0.05) is 13.8 Å². The van der Waals surface area contributed by atoms with E-state index in [1.165, 1.54) is 0 Å². The molecule has 0 bridgehead atoms. The zero-order valence-corrected chi connectivity index (χ0v) is 19.6. The second-order valence-corrected chi connectivity index (χ2v) is 11.0. The minimum absolute atomic E-state index is 0.0681. The summed E-state index contributed by atoms with van der Waals surface area (Å²) in [5.41, 5.74) is -0.0392. The minimum Gasteiger partial charge on any atom is -0.343 e. The van der Waals surface area contributed by atoms with Crippen LogP contribution in [0.3, 0.4) is 0 Å². The third-order valence-electron chi connectivity index (χ3n) is 10.0. The van der Waals surface area contributed by atoms with Crippen molar-refractivity contribution in [2.45, 2.75) is 85.1 Å². The number of fused-ring (bicyclic) bond motifs is 5. The predicted octanol–water partition coefficient (Wildman–Crippen LogP) is 3.90. The number of piperidine rings is 1. The van der Waals surface area contributed by atoms with E-state index in [9.17, 15) is 14.4 Å². The molecule has 4 fully saturated rings. The van der Waals surface area contributed by atoms with Crippen LogP contribution in [0.5, 0.6) is 0 Å². The largest absolute Gasteiger partial charge is 0.343 e. The van der Waals surface area contributed by atoms with Gasteiger partial charge in [-0.05, 0) is 81.0 Å². The molecule has 3 aliphatic carbocycles. The maximum atomic E-state index is 13.4. The standard InChI is InChI=1S/C25H40N2O3/c1-6-27(7-2)23(30)22-19(28)10-9-17-16-8-11-20-24(3,15-13-21(29)26(20)5)18(16)12-14-25(17,22)4/h16-18,20,22H,6-15H2,1-5H3/t16-,17-,18-,20+,22+,24+,25-/m0/s1. The molecule has 0 aromatic heterocycles. The highest BCUT2D eigenvalue weighted by atomic mass is 16.2. The fraction of sp³-hybridized carbons (Fsp3) is 0.880. The molecule has 1 heterocycles. The summed E-state index contributed by atoms with van der Waals surface area (Å²) in [6, 6.07) is 0.350. The Morgan fingerprint density at radius 1 is 0.967 bits per heavy atom. The molecule has 1 saturated heterocycles. The zero-order valence-electron chi connectivity index (χ0n) is 19.6. The zero-order chi connectivity index (χ0) is 21.8. The number of rotatable bonds is 3. The third-order valence-corrected chi connectivity index (χ3v) is 10.0. The summed E-state index contributed by atoms with van der Waals surface area (Å²) in [5, 5.41) is 0. The summed E-state index contributed by atoms with van der Waals surface area (Å²) < 4.78 is 0. The third kappa shape index (κ3) is 2.97. The van der Waals surface area contributed by atoms with Crippen molar-refractivity contribution in [3.8, 4) is 0 Å². The first-order chi connectivity index (χ1) is 14.2. The quantitative estimate of drug-likeness (QED) is 0.656. The smallest absolute Gasteiger partial charge is 0.233 e. The number of Topliss-reactive ketones (excluding diaryl/α,β-unsaturated/α-hetero) is 1. The van der Waals surface area contributed by atoms with Crippen LogP contribution < -0.4 is 0 Å². The molecule has 7 atom stereocenters. The highest BCUT2D eigenvalue weighted by Gasteiger charge is 2.62. The average Bonchev–Trinajstić information content (AvgIpc) is 2.71. The van der Waals surface area contributed by atoms with Gasteiger partial charge in [-0.3, -0.25) is 14.4 Å². The molecule has 4 aliphatic rings. The van der Waals surface area contributed by atoms with E-state index in [1.807, 2.05) is 30.7 Å². The van der Waals surface area contributed by atoms with E-state index >= 15 is 0 Å². The Labute approximate surface area is 181 Å². The van der Waals surface area contributed by atoms with Gasteiger partial charge in [-0.2, -0.15) is 0 Å². The number of ketones is 1. The van der Waals surface area contributed by atoms with Crippen LogP contribution in [0, 0.1) is 34.5 Å². The van der Waals surface area contributed by atoms with Crippen LogP contribution in [0.15, 0.2) is 0 Å². The Hall–Kier alpha value is -1.39. The second kappa shape index (κ2) is 7.63. The van der Waals surface area contributed by atoms with Gasteiger partial charge in [0.2, 0.25) is 11.8 Å². The lowest BCUT2D eigenvalue weighted by molar-refractivity contribution is -0.176. The summed E-state index contributed by atoms with van der Waals surface area (Å²) in [7, 11) is 2.00. The number of nitrogens with zero attached hydrogens (tertiary/aromatic N) is 2. The number of likely N-dealkylation sites (tertiary alicyclic amines) is 1. The van der Waals surface area contributed by atoms with E-state index in [-0.39, 0.29) is 22.5 Å². The molecular formula is C25H40N2O3. The van der Waals surface area contributed by atoms with Crippen molar-refractivity contribution in [2.24, 2.45) is 34.5 Å². The highest BCUT2D eigenvalue weighted by molar-refractivity contribution is 6.02. The first kappa shape index (κ1) is 21.8. The molecule has 5 nitrogen and oxygen atoms in total. The van der Waals surface area contributed by atoms with Crippen molar-refractivity contribution in [3.63, 3.8) is 0 Å². The minimum atomic E-state index is -0.460. The van der Waals surface area contributed by atoms with Gasteiger partial charge in [0, 0.05) is 39.0 Å². The number of hydrogen-bond donors (Lipinski definition) is 0. The lowest BCUT2D eigenvalue weighted by atomic mass is 9.43. The van der Waals surface area contributed by atoms with E-state index in [4.69, 9.17) is 0 Å². The molecule has 3 saturated carbocycles. The number of hydrogen-bond acceptors (Lipinski definition) is 3. The summed E-state index contributed by atoms with van der Waals surface area (Å²) in [6.45, 7) is 10.0. The molecule has 30 heavy (non-hydrogen) atoms. The molecule has 0 N–H and O–H groups in total. The van der Waals surface area contributed by atoms with E-state index in [0.29, 0.717) is 55.6 Å². The van der Waals surface area contributed by atoms with E-state index in [1.54, 1.807) is 0 Å². The van der Waals surface area contributed by atoms with Crippen molar-refractivity contribution in [2.75, 3.05) is 20.1 Å². The van der Waals surface area contributed by atoms with Crippen LogP contribution in [-0.2, 0) is 14.4 Å². The Morgan fingerprint density at radius 3 is 2.30 bits per heavy atom. The van der Waals surface area contributed by atoms with Gasteiger partial charge in [0.1, 0.15) is 11.7 Å². The number of carbonyl (C=O) groups excluding carboxylic acids is 3. The van der Waals surface area contributed by atoms with Crippen LogP contribution >= 0.6 is 0 Å². The molecule has 168 valence electrons. The Bertz CT molecular complexity index is 732. The van der Waals surface area contributed by atoms with E-state index in [2.05, 4.69) is 13.8 Å². The summed E-state index contributed by atoms with van der Waals surface area (Å²) in [5.74, 6) is 1.70. The van der Waals surface area contributed by atoms with Gasteiger partial charge in [-0.15, -0.1) is 0 Å². The fourth-order valence-electron chi connectivity index (χ4n) is 8.35. The predicted molar refractivity (Wildman–Crippen MR) is 117 cm³/mol. The molecule has 5 heteroatoms. The Balaban J connectivity index is 1.65. The number of carbonyl (C=O) groups is 3. The van der Waals surface area contributed by atoms with Gasteiger partial charge in [0.15, 0.2) is 0 Å². The van der Waals surface area contributed by atoms with Crippen LogP contribution in [-0.4, -0.2) is 53.6 Å². The summed E-state index contributed by atoms with van der Waals surface area (Å²) in [6.07, 6.45) is 7.39. The monoisotopic (exact) mass is 416 g/mol. The van der Waals surface area contributed by atoms with Crippen molar-refractivity contribution < 1.29 is 14.4 Å². The fourth-order valence-corrected chi connectivity index (χ4v) is 8.35.